The Morgan fingerprint density at radius 1 is 1.08 bits per heavy atom. The number of hydrogen-bond acceptors (Lipinski definition) is 3. The fraction of sp³-hybridized carbons (Fsp3) is 0.143. The molecule has 1 aromatic heterocycles. The van der Waals surface area contributed by atoms with Crippen LogP contribution < -0.4 is 10.6 Å². The van der Waals surface area contributed by atoms with Crippen LogP contribution in [0.2, 0.25) is 0 Å². The molecule has 0 radical (unpaired) electrons. The first kappa shape index (κ1) is 18.3. The number of carbonyl (C=O) groups excluding carboxylic acids is 1. The lowest BCUT2D eigenvalue weighted by Crippen LogP contribution is -2.32. The summed E-state index contributed by atoms with van der Waals surface area (Å²) in [6.07, 6.45) is 1.76. The lowest BCUT2D eigenvalue weighted by atomic mass is 10.0. The highest BCUT2D eigenvalue weighted by Crippen LogP contribution is 2.21. The zero-order valence-electron chi connectivity index (χ0n) is 14.4. The second-order valence-corrected chi connectivity index (χ2v) is 6.90. The van der Waals surface area contributed by atoms with Crippen molar-refractivity contribution in [3.63, 3.8) is 0 Å². The Balaban J connectivity index is 1.71. The first-order chi connectivity index (χ1) is 12.6. The van der Waals surface area contributed by atoms with Crippen LogP contribution in [0.5, 0.6) is 0 Å². The van der Waals surface area contributed by atoms with Gasteiger partial charge in [0.25, 0.3) is 0 Å². The third kappa shape index (κ3) is 4.77. The van der Waals surface area contributed by atoms with E-state index in [2.05, 4.69) is 31.5 Å². The van der Waals surface area contributed by atoms with E-state index in [0.29, 0.717) is 0 Å². The van der Waals surface area contributed by atoms with Crippen molar-refractivity contribution < 1.29 is 4.79 Å². The van der Waals surface area contributed by atoms with E-state index < -0.39 is 0 Å². The van der Waals surface area contributed by atoms with E-state index in [1.165, 1.54) is 0 Å². The standard InChI is InChI=1S/C21H20BrN3O/c1-15-13-17(22)10-11-18(15)25-20(26)14-24-21(16-7-3-2-4-8-16)19-9-5-6-12-23-19/h2-13,21,24H,14H2,1H3,(H,25,26). The highest BCUT2D eigenvalue weighted by molar-refractivity contribution is 9.10. The van der Waals surface area contributed by atoms with Gasteiger partial charge in [-0.2, -0.15) is 0 Å². The van der Waals surface area contributed by atoms with Gasteiger partial charge >= 0.3 is 0 Å². The molecule has 2 aromatic carbocycles. The number of anilines is 1. The predicted octanol–water partition coefficient (Wildman–Crippen LogP) is 4.47. The first-order valence-electron chi connectivity index (χ1n) is 8.39. The van der Waals surface area contributed by atoms with Gasteiger partial charge in [-0.15, -0.1) is 0 Å². The largest absolute Gasteiger partial charge is 0.325 e. The topological polar surface area (TPSA) is 54.0 Å². The molecule has 0 aliphatic carbocycles. The second-order valence-electron chi connectivity index (χ2n) is 5.99. The van der Waals surface area contributed by atoms with Crippen molar-refractivity contribution in [2.75, 3.05) is 11.9 Å². The number of nitrogens with one attached hydrogen (secondary N) is 2. The van der Waals surface area contributed by atoms with Crippen LogP contribution in [0.1, 0.15) is 22.9 Å². The fourth-order valence-electron chi connectivity index (χ4n) is 2.74. The molecule has 1 amide bonds. The molecule has 26 heavy (non-hydrogen) atoms. The zero-order valence-corrected chi connectivity index (χ0v) is 16.0. The molecule has 0 saturated heterocycles. The summed E-state index contributed by atoms with van der Waals surface area (Å²) in [5.41, 5.74) is 3.77. The minimum absolute atomic E-state index is 0.0905. The van der Waals surface area contributed by atoms with Gasteiger partial charge < -0.3 is 5.32 Å². The quantitative estimate of drug-likeness (QED) is 0.631. The maximum Gasteiger partial charge on any atom is 0.238 e. The fourth-order valence-corrected chi connectivity index (χ4v) is 3.22. The summed E-state index contributed by atoms with van der Waals surface area (Å²) >= 11 is 3.43. The molecule has 1 heterocycles. The van der Waals surface area contributed by atoms with E-state index in [-0.39, 0.29) is 18.5 Å². The van der Waals surface area contributed by atoms with Gasteiger partial charge in [-0.25, -0.2) is 0 Å². The van der Waals surface area contributed by atoms with Crippen LogP contribution in [-0.2, 0) is 4.79 Å². The minimum Gasteiger partial charge on any atom is -0.325 e. The number of rotatable bonds is 6. The molecule has 1 atom stereocenters. The number of benzene rings is 2. The Labute approximate surface area is 161 Å². The van der Waals surface area contributed by atoms with Crippen LogP contribution in [0.15, 0.2) is 77.4 Å². The SMILES string of the molecule is Cc1cc(Br)ccc1NC(=O)CNC(c1ccccc1)c1ccccn1. The molecule has 4 nitrogen and oxygen atoms in total. The van der Waals surface area contributed by atoms with E-state index in [4.69, 9.17) is 0 Å². The van der Waals surface area contributed by atoms with Gasteiger partial charge in [-0.05, 0) is 48.4 Å². The Morgan fingerprint density at radius 2 is 1.85 bits per heavy atom. The second kappa shape index (κ2) is 8.74. The maximum atomic E-state index is 12.4. The lowest BCUT2D eigenvalue weighted by molar-refractivity contribution is -0.115. The number of hydrogen-bond donors (Lipinski definition) is 2. The molecule has 0 fully saturated rings. The maximum absolute atomic E-state index is 12.4. The number of aromatic nitrogens is 1. The van der Waals surface area contributed by atoms with Crippen molar-refractivity contribution in [1.29, 1.82) is 0 Å². The molecular formula is C21H20BrN3O. The number of pyridine rings is 1. The van der Waals surface area contributed by atoms with Gasteiger partial charge in [-0.3, -0.25) is 15.1 Å². The van der Waals surface area contributed by atoms with Crippen LogP contribution in [-0.4, -0.2) is 17.4 Å². The summed E-state index contributed by atoms with van der Waals surface area (Å²) in [5.74, 6) is -0.0905. The number of halogens is 1. The van der Waals surface area contributed by atoms with Crippen LogP contribution in [0, 0.1) is 6.92 Å². The van der Waals surface area contributed by atoms with Crippen molar-refractivity contribution in [2.45, 2.75) is 13.0 Å². The number of carbonyl (C=O) groups is 1. The summed E-state index contributed by atoms with van der Waals surface area (Å²) in [6.45, 7) is 2.15. The van der Waals surface area contributed by atoms with Gasteiger partial charge in [0, 0.05) is 16.4 Å². The number of nitrogens with zero attached hydrogens (tertiary/aromatic N) is 1. The van der Waals surface area contributed by atoms with Crippen LogP contribution in [0.3, 0.4) is 0 Å². The molecule has 3 aromatic rings. The molecule has 0 aliphatic heterocycles. The van der Waals surface area contributed by atoms with E-state index in [9.17, 15) is 4.79 Å². The van der Waals surface area contributed by atoms with Crippen molar-refractivity contribution in [3.8, 4) is 0 Å². The Hall–Kier alpha value is -2.50. The molecular weight excluding hydrogens is 390 g/mol. The first-order valence-corrected chi connectivity index (χ1v) is 9.18. The monoisotopic (exact) mass is 409 g/mol. The Kier molecular flexibility index (Phi) is 6.15. The smallest absolute Gasteiger partial charge is 0.238 e. The minimum atomic E-state index is -0.144. The zero-order chi connectivity index (χ0) is 18.4. The molecule has 3 rings (SSSR count). The van der Waals surface area contributed by atoms with Gasteiger partial charge in [-0.1, -0.05) is 52.3 Å². The Bertz CT molecular complexity index is 829. The summed E-state index contributed by atoms with van der Waals surface area (Å²) in [4.78, 5) is 16.9. The Morgan fingerprint density at radius 3 is 2.54 bits per heavy atom. The number of amides is 1. The summed E-state index contributed by atoms with van der Waals surface area (Å²) < 4.78 is 0.991. The van der Waals surface area contributed by atoms with Crippen molar-refractivity contribution in [1.82, 2.24) is 10.3 Å². The average Bonchev–Trinajstić information content (AvgIpc) is 2.66. The van der Waals surface area contributed by atoms with E-state index >= 15 is 0 Å². The highest BCUT2D eigenvalue weighted by atomic mass is 79.9. The lowest BCUT2D eigenvalue weighted by Gasteiger charge is -2.19. The third-order valence-corrected chi connectivity index (χ3v) is 4.54. The highest BCUT2D eigenvalue weighted by Gasteiger charge is 2.16. The van der Waals surface area contributed by atoms with E-state index in [0.717, 1.165) is 27.0 Å². The summed E-state index contributed by atoms with van der Waals surface area (Å²) in [5, 5.41) is 6.27. The predicted molar refractivity (Wildman–Crippen MR) is 108 cm³/mol. The molecule has 0 spiro atoms. The molecule has 0 aliphatic rings. The van der Waals surface area contributed by atoms with Crippen molar-refractivity contribution in [2.24, 2.45) is 0 Å². The summed E-state index contributed by atoms with van der Waals surface area (Å²) in [6, 6.07) is 21.4. The molecule has 2 N–H and O–H groups in total. The van der Waals surface area contributed by atoms with E-state index in [1.54, 1.807) is 6.20 Å². The van der Waals surface area contributed by atoms with Gasteiger partial charge in [0.1, 0.15) is 0 Å². The van der Waals surface area contributed by atoms with Crippen molar-refractivity contribution in [3.05, 3.63) is 94.2 Å². The number of aryl methyl sites for hydroxylation is 1. The molecule has 0 saturated carbocycles. The van der Waals surface area contributed by atoms with Gasteiger partial charge in [0.05, 0.1) is 18.3 Å². The third-order valence-electron chi connectivity index (χ3n) is 4.05. The van der Waals surface area contributed by atoms with Crippen molar-refractivity contribution >= 4 is 27.5 Å². The van der Waals surface area contributed by atoms with Crippen LogP contribution in [0.25, 0.3) is 0 Å². The normalized spacial score (nSPS) is 11.8. The summed E-state index contributed by atoms with van der Waals surface area (Å²) in [7, 11) is 0. The van der Waals surface area contributed by atoms with E-state index in [1.807, 2.05) is 73.7 Å². The molecule has 132 valence electrons. The average molecular weight is 410 g/mol. The molecule has 1 unspecified atom stereocenters. The van der Waals surface area contributed by atoms with Gasteiger partial charge in [0.15, 0.2) is 0 Å². The van der Waals surface area contributed by atoms with Gasteiger partial charge in [0.2, 0.25) is 5.91 Å². The van der Waals surface area contributed by atoms with Crippen LogP contribution in [0.4, 0.5) is 5.69 Å². The molecule has 5 heteroatoms. The molecule has 0 bridgehead atoms. The van der Waals surface area contributed by atoms with Crippen LogP contribution >= 0.6 is 15.9 Å².